The van der Waals surface area contributed by atoms with Crippen LogP contribution in [-0.2, 0) is 16.1 Å². The second kappa shape index (κ2) is 13.0. The summed E-state index contributed by atoms with van der Waals surface area (Å²) in [5.41, 5.74) is 1.52. The fourth-order valence-electron chi connectivity index (χ4n) is 3.52. The first-order valence-electron chi connectivity index (χ1n) is 10.8. The summed E-state index contributed by atoms with van der Waals surface area (Å²) in [5.74, 6) is -1.76. The normalized spacial score (nSPS) is 13.2. The second-order valence-corrected chi connectivity index (χ2v) is 7.63. The number of nitrogens with zero attached hydrogens (tertiary/aromatic N) is 2. The molecule has 36 heavy (non-hydrogen) atoms. The van der Waals surface area contributed by atoms with Crippen molar-refractivity contribution >= 4 is 17.8 Å². The zero-order valence-electron chi connectivity index (χ0n) is 20.5. The number of carboxylic acid groups (broad SMARTS) is 2. The van der Waals surface area contributed by atoms with Crippen molar-refractivity contribution in [2.45, 2.75) is 6.54 Å². The van der Waals surface area contributed by atoms with Crippen LogP contribution in [0.3, 0.4) is 0 Å². The SMILES string of the molecule is COc1cc(OC)cc(C(=O)N2CCN(Cc3cc(OC)c(O)c(OC)c3)CC2)c1.O=C(O)C(=O)O. The van der Waals surface area contributed by atoms with Gasteiger partial charge in [0.15, 0.2) is 11.5 Å². The van der Waals surface area contributed by atoms with E-state index in [0.29, 0.717) is 48.2 Å². The summed E-state index contributed by atoms with van der Waals surface area (Å²) in [5, 5.41) is 24.9. The van der Waals surface area contributed by atoms with Gasteiger partial charge in [-0.25, -0.2) is 9.59 Å². The van der Waals surface area contributed by atoms with Gasteiger partial charge >= 0.3 is 11.9 Å². The Morgan fingerprint density at radius 2 is 1.22 bits per heavy atom. The fraction of sp³-hybridized carbons (Fsp3) is 0.375. The summed E-state index contributed by atoms with van der Waals surface area (Å²) in [4.78, 5) is 35.2. The van der Waals surface area contributed by atoms with Gasteiger partial charge in [0.25, 0.3) is 5.91 Å². The summed E-state index contributed by atoms with van der Waals surface area (Å²) >= 11 is 0. The molecular weight excluding hydrogens is 476 g/mol. The molecule has 0 atom stereocenters. The van der Waals surface area contributed by atoms with Gasteiger partial charge in [-0.1, -0.05) is 0 Å². The van der Waals surface area contributed by atoms with E-state index in [1.807, 2.05) is 4.90 Å². The Bertz CT molecular complexity index is 1020. The molecule has 0 aliphatic carbocycles. The Morgan fingerprint density at radius 3 is 1.61 bits per heavy atom. The molecule has 3 N–H and O–H groups in total. The number of hydrogen-bond acceptors (Lipinski definition) is 9. The van der Waals surface area contributed by atoms with Gasteiger partial charge in [0.2, 0.25) is 5.75 Å². The predicted octanol–water partition coefficient (Wildman–Crippen LogP) is 1.54. The van der Waals surface area contributed by atoms with E-state index in [-0.39, 0.29) is 11.7 Å². The highest BCUT2D eigenvalue weighted by atomic mass is 16.5. The van der Waals surface area contributed by atoms with Crippen molar-refractivity contribution in [3.05, 3.63) is 41.5 Å². The Labute approximate surface area is 208 Å². The molecule has 1 aliphatic heterocycles. The number of carbonyl (C=O) groups excluding carboxylic acids is 1. The maximum Gasteiger partial charge on any atom is 0.414 e. The Morgan fingerprint density at radius 1 is 0.750 bits per heavy atom. The first-order chi connectivity index (χ1) is 17.1. The van der Waals surface area contributed by atoms with Crippen molar-refractivity contribution in [2.24, 2.45) is 0 Å². The van der Waals surface area contributed by atoms with E-state index in [4.69, 9.17) is 38.7 Å². The molecular formula is C24H30N2O10. The predicted molar refractivity (Wildman–Crippen MR) is 127 cm³/mol. The lowest BCUT2D eigenvalue weighted by atomic mass is 10.1. The number of phenolic OH excluding ortho intramolecular Hbond substituents is 1. The third kappa shape index (κ3) is 7.40. The minimum Gasteiger partial charge on any atom is -0.502 e. The number of carboxylic acids is 2. The van der Waals surface area contributed by atoms with Gasteiger partial charge in [-0.15, -0.1) is 0 Å². The highest BCUT2D eigenvalue weighted by Crippen LogP contribution is 2.37. The number of carbonyl (C=O) groups is 3. The van der Waals surface area contributed by atoms with Gasteiger partial charge in [0.05, 0.1) is 28.4 Å². The highest BCUT2D eigenvalue weighted by Gasteiger charge is 2.24. The zero-order chi connectivity index (χ0) is 26.8. The number of ether oxygens (including phenoxy) is 4. The molecule has 12 nitrogen and oxygen atoms in total. The number of rotatable bonds is 7. The lowest BCUT2D eigenvalue weighted by molar-refractivity contribution is -0.159. The van der Waals surface area contributed by atoms with Crippen LogP contribution in [-0.4, -0.2) is 97.6 Å². The molecule has 1 heterocycles. The monoisotopic (exact) mass is 506 g/mol. The average molecular weight is 507 g/mol. The van der Waals surface area contributed by atoms with E-state index in [9.17, 15) is 9.90 Å². The van der Waals surface area contributed by atoms with Gasteiger partial charge < -0.3 is 39.2 Å². The van der Waals surface area contributed by atoms with E-state index >= 15 is 0 Å². The first-order valence-corrected chi connectivity index (χ1v) is 10.8. The van der Waals surface area contributed by atoms with E-state index in [1.165, 1.54) is 14.2 Å². The fourth-order valence-corrected chi connectivity index (χ4v) is 3.52. The molecule has 1 amide bonds. The van der Waals surface area contributed by atoms with Crippen molar-refractivity contribution in [3.8, 4) is 28.7 Å². The highest BCUT2D eigenvalue weighted by molar-refractivity contribution is 6.27. The lowest BCUT2D eigenvalue weighted by Crippen LogP contribution is -2.48. The number of hydrogen-bond donors (Lipinski definition) is 3. The summed E-state index contributed by atoms with van der Waals surface area (Å²) in [7, 11) is 6.15. The number of piperazine rings is 1. The molecule has 0 unspecified atom stereocenters. The van der Waals surface area contributed by atoms with Crippen molar-refractivity contribution < 1.29 is 48.7 Å². The summed E-state index contributed by atoms with van der Waals surface area (Å²) in [6.45, 7) is 3.37. The average Bonchev–Trinajstić information content (AvgIpc) is 2.89. The number of aliphatic carboxylic acids is 2. The van der Waals surface area contributed by atoms with Gasteiger partial charge in [-0.2, -0.15) is 0 Å². The van der Waals surface area contributed by atoms with E-state index in [0.717, 1.165) is 18.7 Å². The molecule has 3 rings (SSSR count). The summed E-state index contributed by atoms with van der Waals surface area (Å²) < 4.78 is 21.0. The van der Waals surface area contributed by atoms with Crippen LogP contribution in [0.25, 0.3) is 0 Å². The Balaban J connectivity index is 0.000000678. The van der Waals surface area contributed by atoms with Crippen molar-refractivity contribution in [2.75, 3.05) is 54.6 Å². The van der Waals surface area contributed by atoms with Crippen LogP contribution in [0, 0.1) is 0 Å². The maximum atomic E-state index is 12.9. The zero-order valence-corrected chi connectivity index (χ0v) is 20.5. The molecule has 0 spiro atoms. The van der Waals surface area contributed by atoms with Crippen LogP contribution >= 0.6 is 0 Å². The van der Waals surface area contributed by atoms with Crippen molar-refractivity contribution in [1.82, 2.24) is 9.80 Å². The maximum absolute atomic E-state index is 12.9. The van der Waals surface area contributed by atoms with Crippen LogP contribution < -0.4 is 18.9 Å². The lowest BCUT2D eigenvalue weighted by Gasteiger charge is -2.35. The molecule has 0 radical (unpaired) electrons. The molecule has 1 saturated heterocycles. The Kier molecular flexibility index (Phi) is 10.2. The third-order valence-corrected chi connectivity index (χ3v) is 5.39. The molecule has 12 heteroatoms. The minimum absolute atomic E-state index is 0.00659. The molecule has 0 saturated carbocycles. The Hall–Kier alpha value is -4.19. The van der Waals surface area contributed by atoms with Crippen molar-refractivity contribution in [3.63, 3.8) is 0 Å². The van der Waals surface area contributed by atoms with E-state index in [1.54, 1.807) is 44.6 Å². The van der Waals surface area contributed by atoms with Gasteiger partial charge in [0, 0.05) is 44.4 Å². The number of aromatic hydroxyl groups is 1. The first kappa shape index (κ1) is 28.1. The number of amides is 1. The molecule has 2 aromatic rings. The van der Waals surface area contributed by atoms with Crippen LogP contribution in [0.1, 0.15) is 15.9 Å². The van der Waals surface area contributed by atoms with Gasteiger partial charge in [-0.3, -0.25) is 9.69 Å². The topological polar surface area (TPSA) is 155 Å². The molecule has 2 aromatic carbocycles. The second-order valence-electron chi connectivity index (χ2n) is 7.63. The number of phenols is 1. The number of benzene rings is 2. The minimum atomic E-state index is -1.82. The summed E-state index contributed by atoms with van der Waals surface area (Å²) in [6.07, 6.45) is 0. The molecule has 0 aromatic heterocycles. The smallest absolute Gasteiger partial charge is 0.414 e. The van der Waals surface area contributed by atoms with Crippen LogP contribution in [0.15, 0.2) is 30.3 Å². The number of methoxy groups -OCH3 is 4. The largest absolute Gasteiger partial charge is 0.502 e. The standard InChI is InChI=1S/C22H28N2O6.C2H2O4/c1-27-17-11-16(12-18(13-17)28-2)22(26)24-7-5-23(6-8-24)14-15-9-19(29-3)21(25)20(10-15)30-4;3-1(4)2(5)6/h9-13,25H,5-8,14H2,1-4H3;(H,3,4)(H,5,6). The molecule has 1 fully saturated rings. The van der Waals surface area contributed by atoms with Gasteiger partial charge in [0.1, 0.15) is 11.5 Å². The van der Waals surface area contributed by atoms with E-state index < -0.39 is 11.9 Å². The third-order valence-electron chi connectivity index (χ3n) is 5.39. The van der Waals surface area contributed by atoms with Gasteiger partial charge in [-0.05, 0) is 29.8 Å². The van der Waals surface area contributed by atoms with Crippen LogP contribution in [0.4, 0.5) is 0 Å². The molecule has 0 bridgehead atoms. The molecule has 196 valence electrons. The van der Waals surface area contributed by atoms with E-state index in [2.05, 4.69) is 4.90 Å². The van der Waals surface area contributed by atoms with Crippen molar-refractivity contribution in [1.29, 1.82) is 0 Å². The summed E-state index contributed by atoms with van der Waals surface area (Å²) in [6, 6.07) is 8.81. The quantitative estimate of drug-likeness (QED) is 0.468. The van der Waals surface area contributed by atoms with Crippen LogP contribution in [0.5, 0.6) is 28.7 Å². The van der Waals surface area contributed by atoms with Crippen LogP contribution in [0.2, 0.25) is 0 Å². The molecule has 1 aliphatic rings.